The van der Waals surface area contributed by atoms with Crippen molar-refractivity contribution in [3.05, 3.63) is 29.8 Å². The number of nitrogens with two attached hydrogens (primary N) is 1. The molecule has 0 saturated carbocycles. The summed E-state index contributed by atoms with van der Waals surface area (Å²) < 4.78 is 5.24. The van der Waals surface area contributed by atoms with Crippen LogP contribution in [0.15, 0.2) is 24.3 Å². The van der Waals surface area contributed by atoms with Gasteiger partial charge in [0.2, 0.25) is 5.91 Å². The van der Waals surface area contributed by atoms with Crippen LogP contribution >= 0.6 is 0 Å². The number of nitrogens with one attached hydrogen (secondary N) is 1. The Morgan fingerprint density at radius 1 is 1.32 bits per heavy atom. The molecule has 0 heterocycles. The molecular weight excluding hydrogens is 284 g/mol. The maximum atomic E-state index is 11.8. The highest BCUT2D eigenvalue weighted by Crippen LogP contribution is 2.16. The van der Waals surface area contributed by atoms with Gasteiger partial charge in [0, 0.05) is 12.0 Å². The van der Waals surface area contributed by atoms with E-state index in [0.29, 0.717) is 17.7 Å². The van der Waals surface area contributed by atoms with Crippen molar-refractivity contribution in [2.24, 2.45) is 11.7 Å². The van der Waals surface area contributed by atoms with Crippen molar-refractivity contribution in [2.75, 3.05) is 6.54 Å². The van der Waals surface area contributed by atoms with Crippen LogP contribution in [0.25, 0.3) is 0 Å². The predicted molar refractivity (Wildman–Crippen MR) is 82.3 cm³/mol. The molecule has 1 aromatic carbocycles. The lowest BCUT2D eigenvalue weighted by Gasteiger charge is -2.10. The Bertz CT molecular complexity index is 543. The summed E-state index contributed by atoms with van der Waals surface area (Å²) in [5.74, 6) is -0.826. The Morgan fingerprint density at radius 3 is 2.68 bits per heavy atom. The summed E-state index contributed by atoms with van der Waals surface area (Å²) in [4.78, 5) is 34.2. The number of primary amides is 1. The molecule has 0 fully saturated rings. The second kappa shape index (κ2) is 8.81. The van der Waals surface area contributed by atoms with Crippen LogP contribution in [0.1, 0.15) is 43.5 Å². The van der Waals surface area contributed by atoms with Crippen LogP contribution < -0.4 is 15.8 Å². The molecule has 0 aromatic heterocycles. The minimum atomic E-state index is -0.624. The zero-order valence-corrected chi connectivity index (χ0v) is 12.9. The van der Waals surface area contributed by atoms with E-state index in [4.69, 9.17) is 10.5 Å². The van der Waals surface area contributed by atoms with Gasteiger partial charge < -0.3 is 15.8 Å². The zero-order valence-electron chi connectivity index (χ0n) is 12.9. The van der Waals surface area contributed by atoms with E-state index in [2.05, 4.69) is 12.2 Å². The molecule has 0 spiro atoms. The third-order valence-corrected chi connectivity index (χ3v) is 3.05. The number of carbonyl (C=O) groups is 3. The molecule has 6 heteroatoms. The molecule has 120 valence electrons. The smallest absolute Gasteiger partial charge is 0.311 e. The zero-order chi connectivity index (χ0) is 16.5. The maximum Gasteiger partial charge on any atom is 0.311 e. The molecule has 0 aliphatic rings. The molecule has 0 aliphatic carbocycles. The quantitative estimate of drug-likeness (QED) is 0.563. The third kappa shape index (κ3) is 6.39. The van der Waals surface area contributed by atoms with Gasteiger partial charge in [-0.15, -0.1) is 0 Å². The molecule has 0 aliphatic heterocycles. The minimum absolute atomic E-state index is 0.239. The largest absolute Gasteiger partial charge is 0.426 e. The fraction of sp³-hybridized carbons (Fsp3) is 0.438. The summed E-state index contributed by atoms with van der Waals surface area (Å²) in [6.07, 6.45) is 2.32. The molecule has 1 rings (SSSR count). The molecule has 0 saturated heterocycles. The molecule has 2 amide bonds. The van der Waals surface area contributed by atoms with E-state index >= 15 is 0 Å². The highest BCUT2D eigenvalue weighted by molar-refractivity contribution is 5.96. The number of rotatable bonds is 8. The molecular formula is C16H22N2O4. The average Bonchev–Trinajstić information content (AvgIpc) is 2.44. The number of ether oxygens (including phenoxy) is 1. The van der Waals surface area contributed by atoms with Crippen LogP contribution in [0.4, 0.5) is 0 Å². The van der Waals surface area contributed by atoms with Crippen molar-refractivity contribution in [2.45, 2.75) is 33.1 Å². The lowest BCUT2D eigenvalue weighted by Crippen LogP contribution is -2.33. The number of hydrogen-bond donors (Lipinski definition) is 2. The fourth-order valence-electron chi connectivity index (χ4n) is 2.02. The van der Waals surface area contributed by atoms with E-state index in [0.717, 1.165) is 12.8 Å². The molecule has 22 heavy (non-hydrogen) atoms. The van der Waals surface area contributed by atoms with Crippen LogP contribution in [-0.2, 0) is 9.59 Å². The van der Waals surface area contributed by atoms with E-state index in [9.17, 15) is 14.4 Å². The SMILES string of the molecule is CCCC(C)CC(=O)Oc1cccc(C(=O)NCC(N)=O)c1. The van der Waals surface area contributed by atoms with Crippen LogP contribution in [0.2, 0.25) is 0 Å². The third-order valence-electron chi connectivity index (χ3n) is 3.05. The number of esters is 1. The highest BCUT2D eigenvalue weighted by Gasteiger charge is 2.12. The number of hydrogen-bond acceptors (Lipinski definition) is 4. The van der Waals surface area contributed by atoms with E-state index in [1.54, 1.807) is 18.2 Å². The first-order valence-electron chi connectivity index (χ1n) is 7.29. The van der Waals surface area contributed by atoms with E-state index < -0.39 is 11.8 Å². The number of carbonyl (C=O) groups excluding carboxylic acids is 3. The first kappa shape index (κ1) is 17.7. The standard InChI is InChI=1S/C16H22N2O4/c1-3-5-11(2)8-15(20)22-13-7-4-6-12(9-13)16(21)18-10-14(17)19/h4,6-7,9,11H,3,5,8,10H2,1-2H3,(H2,17,19)(H,18,21). The van der Waals surface area contributed by atoms with Gasteiger partial charge in [-0.05, 0) is 24.1 Å². The van der Waals surface area contributed by atoms with E-state index in [1.807, 2.05) is 6.92 Å². The first-order valence-corrected chi connectivity index (χ1v) is 7.29. The fourth-order valence-corrected chi connectivity index (χ4v) is 2.02. The van der Waals surface area contributed by atoms with Gasteiger partial charge in [0.1, 0.15) is 5.75 Å². The van der Waals surface area contributed by atoms with Crippen molar-refractivity contribution in [3.63, 3.8) is 0 Å². The average molecular weight is 306 g/mol. The Morgan fingerprint density at radius 2 is 2.05 bits per heavy atom. The van der Waals surface area contributed by atoms with Gasteiger partial charge >= 0.3 is 5.97 Å². The number of amides is 2. The first-order chi connectivity index (χ1) is 10.4. The summed E-state index contributed by atoms with van der Waals surface area (Å²) in [5.41, 5.74) is 5.26. The van der Waals surface area contributed by atoms with Gasteiger partial charge in [0.15, 0.2) is 0 Å². The van der Waals surface area contributed by atoms with Crippen molar-refractivity contribution in [3.8, 4) is 5.75 Å². The van der Waals surface area contributed by atoms with Crippen LogP contribution in [0.3, 0.4) is 0 Å². The summed E-state index contributed by atoms with van der Waals surface area (Å²) >= 11 is 0. The van der Waals surface area contributed by atoms with Gasteiger partial charge in [0.25, 0.3) is 5.91 Å². The Hall–Kier alpha value is -2.37. The summed E-state index contributed by atoms with van der Waals surface area (Å²) in [6.45, 7) is 3.83. The summed E-state index contributed by atoms with van der Waals surface area (Å²) in [5, 5.41) is 2.37. The number of benzene rings is 1. The topological polar surface area (TPSA) is 98.5 Å². The molecule has 6 nitrogen and oxygen atoms in total. The van der Waals surface area contributed by atoms with Crippen molar-refractivity contribution >= 4 is 17.8 Å². The second-order valence-electron chi connectivity index (χ2n) is 5.25. The summed E-state index contributed by atoms with van der Waals surface area (Å²) in [6, 6.07) is 6.23. The van der Waals surface area contributed by atoms with Crippen molar-refractivity contribution in [1.82, 2.24) is 5.32 Å². The summed E-state index contributed by atoms with van der Waals surface area (Å²) in [7, 11) is 0. The normalized spacial score (nSPS) is 11.5. The van der Waals surface area contributed by atoms with E-state index in [1.165, 1.54) is 6.07 Å². The van der Waals surface area contributed by atoms with Gasteiger partial charge in [-0.25, -0.2) is 0 Å². The Labute approximate surface area is 130 Å². The lowest BCUT2D eigenvalue weighted by molar-refractivity contribution is -0.135. The maximum absolute atomic E-state index is 11.8. The highest BCUT2D eigenvalue weighted by atomic mass is 16.5. The van der Waals surface area contributed by atoms with Gasteiger partial charge in [0.05, 0.1) is 6.54 Å². The van der Waals surface area contributed by atoms with Crippen LogP contribution in [0, 0.1) is 5.92 Å². The van der Waals surface area contributed by atoms with Gasteiger partial charge in [-0.2, -0.15) is 0 Å². The van der Waals surface area contributed by atoms with Crippen LogP contribution in [0.5, 0.6) is 5.75 Å². The van der Waals surface area contributed by atoms with Gasteiger partial charge in [-0.3, -0.25) is 14.4 Å². The van der Waals surface area contributed by atoms with Crippen LogP contribution in [-0.4, -0.2) is 24.3 Å². The Balaban J connectivity index is 2.62. The van der Waals surface area contributed by atoms with Crippen molar-refractivity contribution < 1.29 is 19.1 Å². The predicted octanol–water partition coefficient (Wildman–Crippen LogP) is 1.63. The molecule has 0 radical (unpaired) electrons. The molecule has 1 aromatic rings. The van der Waals surface area contributed by atoms with Crippen molar-refractivity contribution in [1.29, 1.82) is 0 Å². The van der Waals surface area contributed by atoms with E-state index in [-0.39, 0.29) is 18.4 Å². The molecule has 3 N–H and O–H groups in total. The lowest BCUT2D eigenvalue weighted by atomic mass is 10.0. The molecule has 1 atom stereocenters. The monoisotopic (exact) mass is 306 g/mol. The van der Waals surface area contributed by atoms with Gasteiger partial charge in [-0.1, -0.05) is 32.8 Å². The minimum Gasteiger partial charge on any atom is -0.426 e. The second-order valence-corrected chi connectivity index (χ2v) is 5.25. The molecule has 0 bridgehead atoms. The Kier molecular flexibility index (Phi) is 7.08. The molecule has 1 unspecified atom stereocenters.